The molecular formula is C8H13N3OS. The van der Waals surface area contributed by atoms with Gasteiger partial charge in [-0.25, -0.2) is 0 Å². The Hall–Kier alpha value is -0.840. The third-order valence-electron chi connectivity index (χ3n) is 1.89. The van der Waals surface area contributed by atoms with Crippen molar-refractivity contribution in [1.82, 2.24) is 15.0 Å². The highest BCUT2D eigenvalue weighted by atomic mass is 32.2. The van der Waals surface area contributed by atoms with E-state index in [0.717, 1.165) is 0 Å². The maximum absolute atomic E-state index is 11.8. The summed E-state index contributed by atoms with van der Waals surface area (Å²) in [6, 6.07) is 0. The average molecular weight is 199 g/mol. The molecule has 1 rings (SSSR count). The van der Waals surface area contributed by atoms with Crippen LogP contribution in [-0.4, -0.2) is 31.8 Å². The molecule has 0 spiro atoms. The highest BCUT2D eigenvalue weighted by molar-refractivity contribution is 8.00. The summed E-state index contributed by atoms with van der Waals surface area (Å²) in [4.78, 5) is 13.2. The first kappa shape index (κ1) is 10.2. The lowest BCUT2D eigenvalue weighted by Gasteiger charge is -2.17. The molecule has 0 N–H and O–H groups in total. The molecule has 0 aliphatic heterocycles. The van der Waals surface area contributed by atoms with Gasteiger partial charge in [-0.2, -0.15) is 26.8 Å². The van der Waals surface area contributed by atoms with E-state index < -0.39 is 4.75 Å². The normalized spacial score (nSPS) is 11.7. The molecule has 0 saturated carbocycles. The van der Waals surface area contributed by atoms with Crippen LogP contribution in [0.1, 0.15) is 24.3 Å². The zero-order valence-electron chi connectivity index (χ0n) is 8.24. The number of Topliss-reactive ketones (excluding diaryl/α,β-unsaturated/α-hetero) is 1. The molecule has 0 aliphatic carbocycles. The van der Waals surface area contributed by atoms with Crippen LogP contribution in [0.5, 0.6) is 0 Å². The summed E-state index contributed by atoms with van der Waals surface area (Å²) in [6.45, 7) is 3.77. The van der Waals surface area contributed by atoms with Crippen LogP contribution in [-0.2, 0) is 7.05 Å². The van der Waals surface area contributed by atoms with Crippen LogP contribution in [0.15, 0.2) is 6.20 Å². The van der Waals surface area contributed by atoms with Crippen LogP contribution in [0.2, 0.25) is 0 Å². The van der Waals surface area contributed by atoms with Gasteiger partial charge in [-0.05, 0) is 20.1 Å². The van der Waals surface area contributed by atoms with Gasteiger partial charge in [0.2, 0.25) is 0 Å². The number of carbonyl (C=O) groups excluding carboxylic acids is 1. The molecule has 5 heteroatoms. The van der Waals surface area contributed by atoms with Crippen LogP contribution in [0.25, 0.3) is 0 Å². The highest BCUT2D eigenvalue weighted by Gasteiger charge is 2.29. The molecule has 0 aromatic carbocycles. The number of ketones is 1. The molecule has 0 atom stereocenters. The Morgan fingerprint density at radius 1 is 1.62 bits per heavy atom. The van der Waals surface area contributed by atoms with Crippen LogP contribution in [0.3, 0.4) is 0 Å². The molecule has 0 saturated heterocycles. The quantitative estimate of drug-likeness (QED) is 0.685. The SMILES string of the molecule is CSC(C)(C)C(=O)c1cnn(C)n1. The van der Waals surface area contributed by atoms with E-state index >= 15 is 0 Å². The maximum Gasteiger partial charge on any atom is 0.200 e. The minimum absolute atomic E-state index is 0.0214. The number of rotatable bonds is 3. The van der Waals surface area contributed by atoms with Crippen molar-refractivity contribution in [2.24, 2.45) is 7.05 Å². The predicted octanol–water partition coefficient (Wildman–Crippen LogP) is 1.14. The number of carbonyl (C=O) groups is 1. The molecular weight excluding hydrogens is 186 g/mol. The fourth-order valence-electron chi connectivity index (χ4n) is 0.851. The van der Waals surface area contributed by atoms with Gasteiger partial charge in [0.1, 0.15) is 5.69 Å². The second-order valence-corrected chi connectivity index (χ2v) is 4.69. The van der Waals surface area contributed by atoms with Gasteiger partial charge < -0.3 is 0 Å². The smallest absolute Gasteiger partial charge is 0.200 e. The molecule has 1 heterocycles. The molecule has 1 aromatic heterocycles. The maximum atomic E-state index is 11.8. The van der Waals surface area contributed by atoms with E-state index in [1.54, 1.807) is 7.05 Å². The van der Waals surface area contributed by atoms with Crippen molar-refractivity contribution < 1.29 is 4.79 Å². The second kappa shape index (κ2) is 3.49. The topological polar surface area (TPSA) is 47.8 Å². The lowest BCUT2D eigenvalue weighted by Crippen LogP contribution is -2.27. The van der Waals surface area contributed by atoms with E-state index in [0.29, 0.717) is 5.69 Å². The minimum Gasteiger partial charge on any atom is -0.291 e. The lowest BCUT2D eigenvalue weighted by atomic mass is 10.1. The van der Waals surface area contributed by atoms with Gasteiger partial charge in [0.25, 0.3) is 0 Å². The summed E-state index contributed by atoms with van der Waals surface area (Å²) in [6.07, 6.45) is 3.41. The molecule has 0 unspecified atom stereocenters. The Bertz CT molecular complexity index is 319. The fraction of sp³-hybridized carbons (Fsp3) is 0.625. The first-order valence-corrected chi connectivity index (χ1v) is 5.16. The standard InChI is InChI=1S/C8H13N3OS/c1-8(2,13-4)7(12)6-5-9-11(3)10-6/h5H,1-4H3. The van der Waals surface area contributed by atoms with E-state index in [2.05, 4.69) is 10.2 Å². The molecule has 72 valence electrons. The number of aromatic nitrogens is 3. The minimum atomic E-state index is -0.421. The molecule has 13 heavy (non-hydrogen) atoms. The summed E-state index contributed by atoms with van der Waals surface area (Å²) in [5, 5.41) is 7.83. The number of hydrogen-bond acceptors (Lipinski definition) is 4. The number of thioether (sulfide) groups is 1. The van der Waals surface area contributed by atoms with Crippen molar-refractivity contribution in [2.45, 2.75) is 18.6 Å². The summed E-state index contributed by atoms with van der Waals surface area (Å²) in [5.41, 5.74) is 0.432. The van der Waals surface area contributed by atoms with Crippen molar-refractivity contribution >= 4 is 17.5 Å². The third kappa shape index (κ3) is 2.09. The van der Waals surface area contributed by atoms with E-state index in [9.17, 15) is 4.79 Å². The Labute approximate surface area is 81.7 Å². The molecule has 0 fully saturated rings. The number of nitrogens with zero attached hydrogens (tertiary/aromatic N) is 3. The summed E-state index contributed by atoms with van der Waals surface area (Å²) < 4.78 is -0.421. The molecule has 0 aliphatic rings. The van der Waals surface area contributed by atoms with Gasteiger partial charge in [0.15, 0.2) is 5.78 Å². The molecule has 0 radical (unpaired) electrons. The fourth-order valence-corrected chi connectivity index (χ4v) is 1.14. The highest BCUT2D eigenvalue weighted by Crippen LogP contribution is 2.24. The van der Waals surface area contributed by atoms with E-state index in [-0.39, 0.29) is 5.78 Å². The van der Waals surface area contributed by atoms with E-state index in [1.165, 1.54) is 22.8 Å². The van der Waals surface area contributed by atoms with Gasteiger partial charge in [-0.1, -0.05) is 0 Å². The van der Waals surface area contributed by atoms with Gasteiger partial charge in [-0.15, -0.1) is 0 Å². The predicted molar refractivity (Wildman–Crippen MR) is 52.9 cm³/mol. The monoisotopic (exact) mass is 199 g/mol. The van der Waals surface area contributed by atoms with Crippen LogP contribution in [0.4, 0.5) is 0 Å². The largest absolute Gasteiger partial charge is 0.291 e. The number of aryl methyl sites for hydroxylation is 1. The van der Waals surface area contributed by atoms with Crippen molar-refractivity contribution in [2.75, 3.05) is 6.26 Å². The van der Waals surface area contributed by atoms with Gasteiger partial charge in [0.05, 0.1) is 10.9 Å². The van der Waals surface area contributed by atoms with E-state index in [4.69, 9.17) is 0 Å². The summed E-state index contributed by atoms with van der Waals surface area (Å²) in [7, 11) is 1.70. The van der Waals surface area contributed by atoms with Crippen LogP contribution < -0.4 is 0 Å². The first-order chi connectivity index (χ1) is 5.97. The third-order valence-corrected chi connectivity index (χ3v) is 3.10. The van der Waals surface area contributed by atoms with Crippen molar-refractivity contribution in [3.8, 4) is 0 Å². The van der Waals surface area contributed by atoms with Gasteiger partial charge in [0, 0.05) is 7.05 Å². The van der Waals surface area contributed by atoms with Crippen molar-refractivity contribution in [3.05, 3.63) is 11.9 Å². The molecule has 0 amide bonds. The zero-order chi connectivity index (χ0) is 10.1. The number of hydrogen-bond donors (Lipinski definition) is 0. The summed E-state index contributed by atoms with van der Waals surface area (Å²) >= 11 is 1.51. The zero-order valence-corrected chi connectivity index (χ0v) is 9.05. The molecule has 4 nitrogen and oxygen atoms in total. The average Bonchev–Trinajstić information content (AvgIpc) is 2.50. The van der Waals surface area contributed by atoms with Crippen molar-refractivity contribution in [3.63, 3.8) is 0 Å². The van der Waals surface area contributed by atoms with Gasteiger partial charge in [-0.3, -0.25) is 4.79 Å². The van der Waals surface area contributed by atoms with Gasteiger partial charge >= 0.3 is 0 Å². The van der Waals surface area contributed by atoms with E-state index in [1.807, 2.05) is 20.1 Å². The lowest BCUT2D eigenvalue weighted by molar-refractivity contribution is 0.0952. The first-order valence-electron chi connectivity index (χ1n) is 3.93. The second-order valence-electron chi connectivity index (χ2n) is 3.26. The molecule has 0 bridgehead atoms. The summed E-state index contributed by atoms with van der Waals surface area (Å²) in [5.74, 6) is 0.0214. The Kier molecular flexibility index (Phi) is 2.75. The van der Waals surface area contributed by atoms with Crippen molar-refractivity contribution in [1.29, 1.82) is 0 Å². The Morgan fingerprint density at radius 3 is 2.62 bits per heavy atom. The Balaban J connectivity index is 2.91. The molecule has 1 aromatic rings. The van der Waals surface area contributed by atoms with Crippen LogP contribution in [0, 0.1) is 0 Å². The Morgan fingerprint density at radius 2 is 2.23 bits per heavy atom. The van der Waals surface area contributed by atoms with Crippen LogP contribution >= 0.6 is 11.8 Å².